The maximum atomic E-state index is 15.5. The molecule has 0 aliphatic heterocycles. The van der Waals surface area contributed by atoms with Gasteiger partial charge in [-0.15, -0.1) is 0 Å². The van der Waals surface area contributed by atoms with Crippen molar-refractivity contribution >= 4 is 44.3 Å². The van der Waals surface area contributed by atoms with Crippen LogP contribution in [0.5, 0.6) is 0 Å². The van der Waals surface area contributed by atoms with Crippen LogP contribution in [0, 0.1) is 46.6 Å². The minimum Gasteiger partial charge on any atom is -0.346 e. The van der Waals surface area contributed by atoms with Crippen LogP contribution >= 0.6 is 11.6 Å². The molecule has 2 N–H and O–H groups in total. The Hall–Kier alpha value is -5.52. The highest BCUT2D eigenvalue weighted by Crippen LogP contribution is 2.57. The Morgan fingerprint density at radius 1 is 1.04 bits per heavy atom. The SMILES string of the molecule is Cn1nc(NS(C)(=O)=O)c2c(Cl)ccc(-c3ccc(C#CC(C)(C)C)nc3C(Cc3cc(F)cc(F)c3)NC(=O)Cn3nc(C(F)F)c4c3C(F)(F)C3C#CC43)c21. The van der Waals surface area contributed by atoms with E-state index in [4.69, 9.17) is 16.6 Å². The summed E-state index contributed by atoms with van der Waals surface area (Å²) in [5.74, 6) is 1.66. The van der Waals surface area contributed by atoms with E-state index in [2.05, 4.69) is 43.9 Å². The fraction of sp³-hybridized carbons (Fsp3) is 0.333. The van der Waals surface area contributed by atoms with Crippen molar-refractivity contribution in [1.29, 1.82) is 0 Å². The summed E-state index contributed by atoms with van der Waals surface area (Å²) >= 11 is 6.60. The number of aromatic nitrogens is 5. The van der Waals surface area contributed by atoms with E-state index in [0.717, 1.165) is 18.4 Å². The Morgan fingerprint density at radius 3 is 2.33 bits per heavy atom. The molecule has 10 nitrogen and oxygen atoms in total. The summed E-state index contributed by atoms with van der Waals surface area (Å²) in [6.45, 7) is 4.68. The summed E-state index contributed by atoms with van der Waals surface area (Å²) in [5, 5.41) is 11.2. The fourth-order valence-electron chi connectivity index (χ4n) is 7.05. The zero-order chi connectivity index (χ0) is 41.4. The van der Waals surface area contributed by atoms with Crippen LogP contribution in [0.1, 0.15) is 73.1 Å². The number of amides is 1. The van der Waals surface area contributed by atoms with Crippen LogP contribution < -0.4 is 10.0 Å². The third-order valence-electron chi connectivity index (χ3n) is 9.29. The molecule has 5 aromatic rings. The fourth-order valence-corrected chi connectivity index (χ4v) is 7.79. The molecule has 3 atom stereocenters. The van der Waals surface area contributed by atoms with Gasteiger partial charge in [-0.1, -0.05) is 35.4 Å². The topological polar surface area (TPSA) is 124 Å². The number of alkyl halides is 4. The van der Waals surface area contributed by atoms with E-state index in [0.29, 0.717) is 27.4 Å². The van der Waals surface area contributed by atoms with E-state index < -0.39 is 86.7 Å². The van der Waals surface area contributed by atoms with Gasteiger partial charge in [0.15, 0.2) is 5.82 Å². The first-order valence-electron chi connectivity index (χ1n) is 17.3. The van der Waals surface area contributed by atoms with Gasteiger partial charge in [-0.05, 0) is 69.0 Å². The quantitative estimate of drug-likeness (QED) is 0.112. The highest BCUT2D eigenvalue weighted by Gasteiger charge is 2.60. The monoisotopic (exact) mass is 827 g/mol. The molecule has 0 radical (unpaired) electrons. The van der Waals surface area contributed by atoms with Crippen molar-refractivity contribution in [3.8, 4) is 34.8 Å². The van der Waals surface area contributed by atoms with Crippen LogP contribution in [0.2, 0.25) is 5.02 Å². The first-order valence-corrected chi connectivity index (χ1v) is 19.6. The lowest BCUT2D eigenvalue weighted by molar-refractivity contribution is -0.123. The van der Waals surface area contributed by atoms with Gasteiger partial charge in [0.05, 0.1) is 39.8 Å². The Kier molecular flexibility index (Phi) is 9.85. The second-order valence-corrected chi connectivity index (χ2v) is 17.0. The predicted molar refractivity (Wildman–Crippen MR) is 200 cm³/mol. The zero-order valence-electron chi connectivity index (χ0n) is 30.8. The van der Waals surface area contributed by atoms with Crippen LogP contribution in [0.25, 0.3) is 22.0 Å². The third kappa shape index (κ3) is 7.66. The van der Waals surface area contributed by atoms with E-state index >= 15 is 8.78 Å². The van der Waals surface area contributed by atoms with E-state index in [1.807, 2.05) is 20.8 Å². The lowest BCUT2D eigenvalue weighted by atomic mass is 9.84. The summed E-state index contributed by atoms with van der Waals surface area (Å²) in [6, 6.07) is 7.80. The first-order chi connectivity index (χ1) is 26.6. The van der Waals surface area contributed by atoms with Crippen LogP contribution in [-0.4, -0.2) is 45.1 Å². The number of nitrogens with one attached hydrogen (secondary N) is 2. The highest BCUT2D eigenvalue weighted by atomic mass is 35.5. The number of sulfonamides is 1. The molecule has 0 fully saturated rings. The van der Waals surface area contributed by atoms with Gasteiger partial charge in [-0.2, -0.15) is 19.0 Å². The van der Waals surface area contributed by atoms with Crippen molar-refractivity contribution in [3.05, 3.63) is 93.0 Å². The molecule has 2 aromatic carbocycles. The number of carbonyl (C=O) groups is 1. The van der Waals surface area contributed by atoms with Crippen molar-refractivity contribution in [1.82, 2.24) is 29.9 Å². The molecule has 3 unspecified atom stereocenters. The molecule has 0 bridgehead atoms. The van der Waals surface area contributed by atoms with Crippen molar-refractivity contribution in [2.75, 3.05) is 11.0 Å². The summed E-state index contributed by atoms with van der Waals surface area (Å²) in [7, 11) is -2.27. The summed E-state index contributed by atoms with van der Waals surface area (Å²) in [4.78, 5) is 18.8. The summed E-state index contributed by atoms with van der Waals surface area (Å²) < 4.78 is 117. The van der Waals surface area contributed by atoms with Crippen LogP contribution in [-0.2, 0) is 40.8 Å². The van der Waals surface area contributed by atoms with Gasteiger partial charge in [0, 0.05) is 35.2 Å². The highest BCUT2D eigenvalue weighted by molar-refractivity contribution is 7.92. The second kappa shape index (κ2) is 14.1. The van der Waals surface area contributed by atoms with Crippen molar-refractivity contribution in [3.63, 3.8) is 0 Å². The van der Waals surface area contributed by atoms with Gasteiger partial charge in [-0.25, -0.2) is 31.0 Å². The maximum absolute atomic E-state index is 15.5. The minimum absolute atomic E-state index is 0.0679. The van der Waals surface area contributed by atoms with Crippen molar-refractivity contribution in [2.45, 2.75) is 58.0 Å². The normalized spacial score (nSPS) is 17.2. The molecule has 0 saturated heterocycles. The standard InChI is InChI=1S/C39H32ClF6N7O3S/c1-38(2,3)13-12-22-6-7-23(24-9-11-27(40)31-34(24)52(4)50-37(31)51-57(5,55)56)32(47-22)28(16-19-14-20(41)17-21(42)15-19)48-29(54)18-53-35-30(33(49-53)36(43)44)25-8-10-26(25)39(35,45)46/h6-7,9,11,14-15,17,25-26,28,36H,16,18H2,1-5H3,(H,48,54)(H,50,51). The number of rotatable bonds is 10. The lowest BCUT2D eigenvalue weighted by Crippen LogP contribution is -2.36. The average Bonchev–Trinajstić information content (AvgIpc) is 3.63. The molecule has 2 aliphatic carbocycles. The number of benzene rings is 2. The number of aryl methyl sites for hydroxylation is 1. The van der Waals surface area contributed by atoms with Crippen LogP contribution in [0.4, 0.5) is 32.2 Å². The van der Waals surface area contributed by atoms with Crippen molar-refractivity contribution in [2.24, 2.45) is 18.4 Å². The molecule has 7 rings (SSSR count). The molecular formula is C39H32ClF6N7O3S. The van der Waals surface area contributed by atoms with Gasteiger partial charge < -0.3 is 5.32 Å². The Morgan fingerprint density at radius 2 is 1.72 bits per heavy atom. The van der Waals surface area contributed by atoms with Gasteiger partial charge >= 0.3 is 5.92 Å². The Balaban J connectivity index is 1.39. The molecule has 57 heavy (non-hydrogen) atoms. The van der Waals surface area contributed by atoms with E-state index in [1.54, 1.807) is 25.2 Å². The van der Waals surface area contributed by atoms with E-state index in [-0.39, 0.29) is 39.6 Å². The lowest BCUT2D eigenvalue weighted by Gasteiger charge is -2.24. The molecule has 3 aromatic heterocycles. The molecule has 3 heterocycles. The second-order valence-electron chi connectivity index (χ2n) is 14.9. The van der Waals surface area contributed by atoms with Crippen molar-refractivity contribution < 1.29 is 39.6 Å². The average molecular weight is 828 g/mol. The van der Waals surface area contributed by atoms with E-state index in [1.165, 1.54) is 10.7 Å². The largest absolute Gasteiger partial charge is 0.346 e. The van der Waals surface area contributed by atoms with Crippen LogP contribution in [0.3, 0.4) is 0 Å². The third-order valence-corrected chi connectivity index (χ3v) is 10.2. The number of hydrogen-bond donors (Lipinski definition) is 2. The van der Waals surface area contributed by atoms with E-state index in [9.17, 15) is 30.8 Å². The number of pyridine rings is 1. The number of fused-ring (bicyclic) bond motifs is 4. The smallest absolute Gasteiger partial charge is 0.304 e. The number of anilines is 1. The molecule has 0 spiro atoms. The number of hydrogen-bond acceptors (Lipinski definition) is 6. The first kappa shape index (κ1) is 39.7. The Bertz CT molecular complexity index is 2720. The molecule has 1 amide bonds. The number of halogens is 7. The molecule has 296 valence electrons. The maximum Gasteiger partial charge on any atom is 0.304 e. The molecule has 0 saturated carbocycles. The zero-order valence-corrected chi connectivity index (χ0v) is 32.4. The molecule has 18 heteroatoms. The molecular weight excluding hydrogens is 796 g/mol. The van der Waals surface area contributed by atoms with Gasteiger partial charge in [0.25, 0.3) is 6.43 Å². The summed E-state index contributed by atoms with van der Waals surface area (Å²) in [5.41, 5.74) is -1.20. The van der Waals surface area contributed by atoms with Gasteiger partial charge in [0.2, 0.25) is 15.9 Å². The summed E-state index contributed by atoms with van der Waals surface area (Å²) in [6.07, 6.45) is -2.60. The molecule has 2 aliphatic rings. The van der Waals surface area contributed by atoms with Gasteiger partial charge in [-0.3, -0.25) is 18.9 Å². The minimum atomic E-state index is -3.82. The number of nitrogens with zero attached hydrogens (tertiary/aromatic N) is 5. The van der Waals surface area contributed by atoms with Gasteiger partial charge in [0.1, 0.15) is 41.2 Å². The number of carbonyl (C=O) groups excluding carboxylic acids is 1. The Labute approximate surface area is 328 Å². The predicted octanol–water partition coefficient (Wildman–Crippen LogP) is 7.39. The van der Waals surface area contributed by atoms with Crippen LogP contribution in [0.15, 0.2) is 42.5 Å².